The summed E-state index contributed by atoms with van der Waals surface area (Å²) in [6.45, 7) is 0. The highest BCUT2D eigenvalue weighted by Crippen LogP contribution is 2.11. The number of hydrazine groups is 1. The van der Waals surface area contributed by atoms with Crippen LogP contribution < -0.4 is 16.2 Å². The fraction of sp³-hybridized carbons (Fsp3) is 0.118. The maximum absolute atomic E-state index is 11.9. The van der Waals surface area contributed by atoms with E-state index < -0.39 is 11.8 Å². The number of amides is 3. The Labute approximate surface area is 147 Å². The highest BCUT2D eigenvalue weighted by atomic mass is 79.9. The zero-order chi connectivity index (χ0) is 17.4. The van der Waals surface area contributed by atoms with E-state index in [1.54, 1.807) is 48.5 Å². The van der Waals surface area contributed by atoms with E-state index >= 15 is 0 Å². The van der Waals surface area contributed by atoms with Crippen molar-refractivity contribution >= 4 is 39.3 Å². The van der Waals surface area contributed by atoms with Crippen LogP contribution in [0.5, 0.6) is 0 Å². The molecule has 0 saturated heterocycles. The molecule has 0 fully saturated rings. The Bertz CT molecular complexity index is 735. The zero-order valence-corrected chi connectivity index (χ0v) is 14.3. The molecule has 124 valence electrons. The third-order valence-corrected chi connectivity index (χ3v) is 3.53. The van der Waals surface area contributed by atoms with Gasteiger partial charge in [0.2, 0.25) is 11.8 Å². The monoisotopic (exact) mass is 389 g/mol. The van der Waals surface area contributed by atoms with Crippen molar-refractivity contribution in [1.29, 1.82) is 0 Å². The summed E-state index contributed by atoms with van der Waals surface area (Å²) in [6.07, 6.45) is -0.00901. The summed E-state index contributed by atoms with van der Waals surface area (Å²) in [6, 6.07) is 15.7. The van der Waals surface area contributed by atoms with Gasteiger partial charge in [-0.1, -0.05) is 40.2 Å². The molecule has 0 unspecified atom stereocenters. The van der Waals surface area contributed by atoms with Crippen LogP contribution in [0.4, 0.5) is 5.69 Å². The Morgan fingerprint density at radius 1 is 0.833 bits per heavy atom. The van der Waals surface area contributed by atoms with Gasteiger partial charge in [-0.15, -0.1) is 0 Å². The van der Waals surface area contributed by atoms with Gasteiger partial charge in [-0.3, -0.25) is 25.2 Å². The number of benzene rings is 2. The van der Waals surface area contributed by atoms with Crippen molar-refractivity contribution in [3.63, 3.8) is 0 Å². The normalized spacial score (nSPS) is 9.88. The van der Waals surface area contributed by atoms with E-state index in [2.05, 4.69) is 32.1 Å². The van der Waals surface area contributed by atoms with Gasteiger partial charge in [-0.2, -0.15) is 0 Å². The van der Waals surface area contributed by atoms with Crippen LogP contribution in [-0.4, -0.2) is 17.7 Å². The minimum atomic E-state index is -0.443. The fourth-order valence-corrected chi connectivity index (χ4v) is 2.26. The Balaban J connectivity index is 1.71. The molecule has 3 N–H and O–H groups in total. The molecule has 0 aromatic heterocycles. The molecule has 0 atom stereocenters. The molecule has 0 spiro atoms. The molecule has 0 aliphatic carbocycles. The van der Waals surface area contributed by atoms with Crippen molar-refractivity contribution in [1.82, 2.24) is 10.9 Å². The number of carbonyl (C=O) groups excluding carboxylic acids is 3. The summed E-state index contributed by atoms with van der Waals surface area (Å²) < 4.78 is 0.763. The van der Waals surface area contributed by atoms with Crippen LogP contribution in [-0.2, 0) is 9.59 Å². The second-order valence-electron chi connectivity index (χ2n) is 4.93. The third kappa shape index (κ3) is 5.85. The van der Waals surface area contributed by atoms with Crippen molar-refractivity contribution < 1.29 is 14.4 Å². The molecule has 7 heteroatoms. The lowest BCUT2D eigenvalue weighted by Crippen LogP contribution is -2.41. The molecular weight excluding hydrogens is 374 g/mol. The van der Waals surface area contributed by atoms with E-state index in [1.165, 1.54) is 0 Å². The van der Waals surface area contributed by atoms with Crippen molar-refractivity contribution in [3.05, 3.63) is 64.6 Å². The first-order chi connectivity index (χ1) is 11.5. The number of hydrogen-bond acceptors (Lipinski definition) is 3. The van der Waals surface area contributed by atoms with Crippen molar-refractivity contribution in [3.8, 4) is 0 Å². The number of halogens is 1. The average molecular weight is 390 g/mol. The lowest BCUT2D eigenvalue weighted by Gasteiger charge is -2.08. The lowest BCUT2D eigenvalue weighted by atomic mass is 10.2. The van der Waals surface area contributed by atoms with Crippen LogP contribution in [0.2, 0.25) is 0 Å². The number of para-hydroxylation sites is 1. The molecule has 2 rings (SSSR count). The number of nitrogens with one attached hydrogen (secondary N) is 3. The van der Waals surface area contributed by atoms with Gasteiger partial charge in [0.25, 0.3) is 5.91 Å². The molecule has 3 amide bonds. The largest absolute Gasteiger partial charge is 0.326 e. The quantitative estimate of drug-likeness (QED) is 0.686. The Morgan fingerprint density at radius 2 is 1.54 bits per heavy atom. The number of carbonyl (C=O) groups is 3. The van der Waals surface area contributed by atoms with Crippen molar-refractivity contribution in [2.45, 2.75) is 12.8 Å². The third-order valence-electron chi connectivity index (χ3n) is 3.04. The molecule has 0 saturated carbocycles. The smallest absolute Gasteiger partial charge is 0.269 e. The van der Waals surface area contributed by atoms with Gasteiger partial charge in [-0.05, 0) is 30.3 Å². The summed E-state index contributed by atoms with van der Waals surface area (Å²) in [5.41, 5.74) is 5.68. The second kappa shape index (κ2) is 8.83. The van der Waals surface area contributed by atoms with Gasteiger partial charge in [0.1, 0.15) is 0 Å². The molecule has 0 aliphatic rings. The molecule has 0 bridgehead atoms. The zero-order valence-electron chi connectivity index (χ0n) is 12.7. The SMILES string of the molecule is O=C(CCC(=O)Nc1ccccc1)NNC(=O)c1cccc(Br)c1. The number of anilines is 1. The van der Waals surface area contributed by atoms with E-state index in [0.29, 0.717) is 11.3 Å². The molecule has 2 aromatic rings. The van der Waals surface area contributed by atoms with E-state index in [0.717, 1.165) is 4.47 Å². The second-order valence-corrected chi connectivity index (χ2v) is 5.84. The van der Waals surface area contributed by atoms with Crippen molar-refractivity contribution in [2.24, 2.45) is 0 Å². The van der Waals surface area contributed by atoms with Gasteiger partial charge in [0.05, 0.1) is 0 Å². The van der Waals surface area contributed by atoms with Crippen LogP contribution >= 0.6 is 15.9 Å². The first-order valence-electron chi connectivity index (χ1n) is 7.24. The predicted molar refractivity (Wildman–Crippen MR) is 94.1 cm³/mol. The Hall–Kier alpha value is -2.67. The minimum Gasteiger partial charge on any atom is -0.326 e. The topological polar surface area (TPSA) is 87.3 Å². The summed E-state index contributed by atoms with van der Waals surface area (Å²) in [7, 11) is 0. The summed E-state index contributed by atoms with van der Waals surface area (Å²) >= 11 is 3.27. The van der Waals surface area contributed by atoms with Crippen LogP contribution in [0, 0.1) is 0 Å². The predicted octanol–water partition coefficient (Wildman–Crippen LogP) is 2.63. The molecule has 0 aliphatic heterocycles. The first kappa shape index (κ1) is 17.7. The highest BCUT2D eigenvalue weighted by Gasteiger charge is 2.10. The minimum absolute atomic E-state index is 0.0213. The Morgan fingerprint density at radius 3 is 2.25 bits per heavy atom. The van der Waals surface area contributed by atoms with E-state index in [1.807, 2.05) is 6.07 Å². The van der Waals surface area contributed by atoms with Crippen LogP contribution in [0.15, 0.2) is 59.1 Å². The number of hydrogen-bond donors (Lipinski definition) is 3. The van der Waals surface area contributed by atoms with E-state index in [-0.39, 0.29) is 18.7 Å². The maximum atomic E-state index is 11.9. The number of rotatable bonds is 5. The van der Waals surface area contributed by atoms with E-state index in [4.69, 9.17) is 0 Å². The molecule has 0 heterocycles. The fourth-order valence-electron chi connectivity index (χ4n) is 1.86. The maximum Gasteiger partial charge on any atom is 0.269 e. The van der Waals surface area contributed by atoms with Crippen LogP contribution in [0.3, 0.4) is 0 Å². The van der Waals surface area contributed by atoms with Gasteiger partial charge in [0, 0.05) is 28.6 Å². The molecule has 24 heavy (non-hydrogen) atoms. The highest BCUT2D eigenvalue weighted by molar-refractivity contribution is 9.10. The molecule has 0 radical (unpaired) electrons. The summed E-state index contributed by atoms with van der Waals surface area (Å²) in [4.78, 5) is 35.3. The molecule has 2 aromatic carbocycles. The van der Waals surface area contributed by atoms with Gasteiger partial charge >= 0.3 is 0 Å². The summed E-state index contributed by atoms with van der Waals surface area (Å²) in [5.74, 6) is -1.14. The van der Waals surface area contributed by atoms with Gasteiger partial charge in [0.15, 0.2) is 0 Å². The van der Waals surface area contributed by atoms with Gasteiger partial charge < -0.3 is 5.32 Å². The molecule has 6 nitrogen and oxygen atoms in total. The summed E-state index contributed by atoms with van der Waals surface area (Å²) in [5, 5.41) is 2.68. The Kier molecular flexibility index (Phi) is 6.51. The van der Waals surface area contributed by atoms with Crippen LogP contribution in [0.25, 0.3) is 0 Å². The standard InChI is InChI=1S/C17H16BrN3O3/c18-13-6-4-5-12(11-13)17(24)21-20-16(23)10-9-15(22)19-14-7-2-1-3-8-14/h1-8,11H,9-10H2,(H,19,22)(H,20,23)(H,21,24). The first-order valence-corrected chi connectivity index (χ1v) is 8.03. The van der Waals surface area contributed by atoms with E-state index in [9.17, 15) is 14.4 Å². The average Bonchev–Trinajstić information content (AvgIpc) is 2.58. The van der Waals surface area contributed by atoms with Crippen LogP contribution in [0.1, 0.15) is 23.2 Å². The molecular formula is C17H16BrN3O3. The lowest BCUT2D eigenvalue weighted by molar-refractivity contribution is -0.124. The van der Waals surface area contributed by atoms with Crippen molar-refractivity contribution in [2.75, 3.05) is 5.32 Å². The van der Waals surface area contributed by atoms with Gasteiger partial charge in [-0.25, -0.2) is 0 Å².